The SMILES string of the molecule is Nc1ncc(Br)cc1S(=O)(=O)N1CC2CC(C(=O)O)NC2C1. The number of hydrogen-bond acceptors (Lipinski definition) is 6. The summed E-state index contributed by atoms with van der Waals surface area (Å²) >= 11 is 3.19. The van der Waals surface area contributed by atoms with Gasteiger partial charge in [-0.2, -0.15) is 4.31 Å². The lowest BCUT2D eigenvalue weighted by Crippen LogP contribution is -2.40. The summed E-state index contributed by atoms with van der Waals surface area (Å²) in [7, 11) is -3.74. The molecule has 0 bridgehead atoms. The molecule has 0 saturated carbocycles. The van der Waals surface area contributed by atoms with Crippen LogP contribution in [0.15, 0.2) is 21.6 Å². The third-order valence-corrected chi connectivity index (χ3v) is 6.42. The third-order valence-electron chi connectivity index (χ3n) is 4.13. The number of rotatable bonds is 3. The van der Waals surface area contributed by atoms with E-state index in [9.17, 15) is 13.2 Å². The molecule has 3 heterocycles. The van der Waals surface area contributed by atoms with Gasteiger partial charge < -0.3 is 10.8 Å². The summed E-state index contributed by atoms with van der Waals surface area (Å²) in [6.45, 7) is 0.526. The molecule has 0 aliphatic carbocycles. The molecular weight excluding hydrogens is 376 g/mol. The number of halogens is 1. The molecule has 120 valence electrons. The first-order valence-corrected chi connectivity index (χ1v) is 8.92. The number of nitrogens with one attached hydrogen (secondary N) is 1. The normalized spacial score (nSPS) is 28.7. The number of carboxylic acids is 1. The largest absolute Gasteiger partial charge is 0.480 e. The first-order valence-electron chi connectivity index (χ1n) is 6.69. The van der Waals surface area contributed by atoms with E-state index < -0.39 is 22.0 Å². The molecule has 2 saturated heterocycles. The van der Waals surface area contributed by atoms with Crippen molar-refractivity contribution in [1.29, 1.82) is 0 Å². The van der Waals surface area contributed by atoms with Crippen molar-refractivity contribution in [2.75, 3.05) is 18.8 Å². The topological polar surface area (TPSA) is 126 Å². The van der Waals surface area contributed by atoms with E-state index in [2.05, 4.69) is 26.2 Å². The predicted molar refractivity (Wildman–Crippen MR) is 81.6 cm³/mol. The highest BCUT2D eigenvalue weighted by Crippen LogP contribution is 2.33. The van der Waals surface area contributed by atoms with Gasteiger partial charge in [0.25, 0.3) is 0 Å². The number of nitrogens with two attached hydrogens (primary N) is 1. The Morgan fingerprint density at radius 1 is 1.50 bits per heavy atom. The first-order chi connectivity index (χ1) is 10.3. The predicted octanol–water partition coefficient (Wildman–Crippen LogP) is -0.138. The second kappa shape index (κ2) is 5.44. The van der Waals surface area contributed by atoms with Gasteiger partial charge in [-0.05, 0) is 34.3 Å². The fourth-order valence-electron chi connectivity index (χ4n) is 3.03. The summed E-state index contributed by atoms with van der Waals surface area (Å²) in [5, 5.41) is 12.0. The van der Waals surface area contributed by atoms with Crippen molar-refractivity contribution in [3.8, 4) is 0 Å². The molecule has 1 aromatic heterocycles. The fraction of sp³-hybridized carbons (Fsp3) is 0.500. The Hall–Kier alpha value is -1.23. The summed E-state index contributed by atoms with van der Waals surface area (Å²) in [5.41, 5.74) is 5.69. The van der Waals surface area contributed by atoms with Crippen LogP contribution in [-0.2, 0) is 14.8 Å². The second-order valence-electron chi connectivity index (χ2n) is 5.52. The van der Waals surface area contributed by atoms with Gasteiger partial charge in [0.1, 0.15) is 16.8 Å². The molecule has 0 spiro atoms. The van der Waals surface area contributed by atoms with Crippen molar-refractivity contribution in [2.45, 2.75) is 23.4 Å². The van der Waals surface area contributed by atoms with Crippen LogP contribution in [0.2, 0.25) is 0 Å². The zero-order valence-electron chi connectivity index (χ0n) is 11.4. The van der Waals surface area contributed by atoms with E-state index in [1.165, 1.54) is 16.6 Å². The van der Waals surface area contributed by atoms with Crippen molar-refractivity contribution in [1.82, 2.24) is 14.6 Å². The quantitative estimate of drug-likeness (QED) is 0.655. The summed E-state index contributed by atoms with van der Waals surface area (Å²) < 4.78 is 27.3. The molecule has 0 amide bonds. The number of pyridine rings is 1. The average Bonchev–Trinajstić information content (AvgIpc) is 2.99. The minimum absolute atomic E-state index is 0.00258. The van der Waals surface area contributed by atoms with Gasteiger partial charge in [-0.25, -0.2) is 13.4 Å². The van der Waals surface area contributed by atoms with Crippen LogP contribution in [0.25, 0.3) is 0 Å². The molecule has 22 heavy (non-hydrogen) atoms. The molecule has 10 heteroatoms. The maximum absolute atomic E-state index is 12.7. The number of anilines is 1. The van der Waals surface area contributed by atoms with E-state index in [-0.39, 0.29) is 35.8 Å². The van der Waals surface area contributed by atoms with Crippen molar-refractivity contribution in [3.05, 3.63) is 16.7 Å². The minimum atomic E-state index is -3.74. The van der Waals surface area contributed by atoms with Crippen LogP contribution in [-0.4, -0.2) is 54.0 Å². The molecule has 3 unspecified atom stereocenters. The number of aromatic nitrogens is 1. The average molecular weight is 391 g/mol. The van der Waals surface area contributed by atoms with Gasteiger partial charge in [-0.1, -0.05) is 0 Å². The molecular formula is C12H15BrN4O4S. The molecule has 1 aromatic rings. The van der Waals surface area contributed by atoms with Gasteiger partial charge in [-0.15, -0.1) is 0 Å². The molecule has 0 radical (unpaired) electrons. The van der Waals surface area contributed by atoms with E-state index >= 15 is 0 Å². The monoisotopic (exact) mass is 390 g/mol. The van der Waals surface area contributed by atoms with Crippen LogP contribution in [0.5, 0.6) is 0 Å². The van der Waals surface area contributed by atoms with Crippen LogP contribution in [0, 0.1) is 5.92 Å². The molecule has 4 N–H and O–H groups in total. The molecule has 2 fully saturated rings. The Balaban J connectivity index is 1.82. The molecule has 2 aliphatic heterocycles. The summed E-state index contributed by atoms with van der Waals surface area (Å²) in [6, 6.07) is 0.689. The van der Waals surface area contributed by atoms with Crippen molar-refractivity contribution in [2.24, 2.45) is 5.92 Å². The number of nitrogen functional groups attached to an aromatic ring is 1. The van der Waals surface area contributed by atoms with E-state index in [1.807, 2.05) is 0 Å². The number of sulfonamides is 1. The van der Waals surface area contributed by atoms with Gasteiger partial charge in [0.2, 0.25) is 10.0 Å². The van der Waals surface area contributed by atoms with Crippen LogP contribution in [0.3, 0.4) is 0 Å². The van der Waals surface area contributed by atoms with E-state index in [1.54, 1.807) is 0 Å². The van der Waals surface area contributed by atoms with E-state index in [0.717, 1.165) is 0 Å². The molecule has 3 rings (SSSR count). The highest BCUT2D eigenvalue weighted by molar-refractivity contribution is 9.10. The highest BCUT2D eigenvalue weighted by Gasteiger charge is 2.46. The third kappa shape index (κ3) is 2.60. The van der Waals surface area contributed by atoms with Crippen molar-refractivity contribution < 1.29 is 18.3 Å². The Labute approximate surface area is 135 Å². The van der Waals surface area contributed by atoms with Crippen LogP contribution >= 0.6 is 15.9 Å². The molecule has 2 aliphatic rings. The summed E-state index contributed by atoms with van der Waals surface area (Å²) in [4.78, 5) is 14.8. The van der Waals surface area contributed by atoms with Crippen LogP contribution in [0.4, 0.5) is 5.82 Å². The van der Waals surface area contributed by atoms with Gasteiger partial charge in [0.15, 0.2) is 0 Å². The van der Waals surface area contributed by atoms with Gasteiger partial charge in [0, 0.05) is 29.8 Å². The Bertz CT molecular complexity index is 712. The zero-order valence-corrected chi connectivity index (χ0v) is 13.8. The number of carboxylic acid groups (broad SMARTS) is 1. The molecule has 8 nitrogen and oxygen atoms in total. The van der Waals surface area contributed by atoms with Crippen molar-refractivity contribution in [3.63, 3.8) is 0 Å². The van der Waals surface area contributed by atoms with Gasteiger partial charge >= 0.3 is 5.97 Å². The highest BCUT2D eigenvalue weighted by atomic mass is 79.9. The number of nitrogens with zero attached hydrogens (tertiary/aromatic N) is 2. The fourth-order valence-corrected chi connectivity index (χ4v) is 5.13. The van der Waals surface area contributed by atoms with Gasteiger partial charge in [0.05, 0.1) is 0 Å². The minimum Gasteiger partial charge on any atom is -0.480 e. The number of hydrogen-bond donors (Lipinski definition) is 3. The Morgan fingerprint density at radius 2 is 2.23 bits per heavy atom. The smallest absolute Gasteiger partial charge is 0.320 e. The lowest BCUT2D eigenvalue weighted by molar-refractivity contribution is -0.139. The maximum atomic E-state index is 12.7. The lowest BCUT2D eigenvalue weighted by Gasteiger charge is -2.19. The number of aliphatic carboxylic acids is 1. The Kier molecular flexibility index (Phi) is 3.87. The molecule has 3 atom stereocenters. The number of carbonyl (C=O) groups is 1. The summed E-state index contributed by atoms with van der Waals surface area (Å²) in [5.74, 6) is -0.946. The first kappa shape index (κ1) is 15.7. The van der Waals surface area contributed by atoms with Gasteiger partial charge in [-0.3, -0.25) is 10.1 Å². The lowest BCUT2D eigenvalue weighted by atomic mass is 10.0. The summed E-state index contributed by atoms with van der Waals surface area (Å²) in [6.07, 6.45) is 1.87. The van der Waals surface area contributed by atoms with Crippen LogP contribution in [0.1, 0.15) is 6.42 Å². The standard InChI is InChI=1S/C12H15BrN4O4S/c13-7-2-10(11(14)15-3-7)22(20,21)17-4-6-1-8(12(18)19)16-9(6)5-17/h2-3,6,8-9,16H,1,4-5H2,(H2,14,15)(H,18,19). The zero-order chi connectivity index (χ0) is 16.1. The molecule has 0 aromatic carbocycles. The maximum Gasteiger partial charge on any atom is 0.320 e. The van der Waals surface area contributed by atoms with Crippen molar-refractivity contribution >= 4 is 37.7 Å². The number of fused-ring (bicyclic) bond motifs is 1. The Morgan fingerprint density at radius 3 is 2.86 bits per heavy atom. The van der Waals surface area contributed by atoms with E-state index in [4.69, 9.17) is 10.8 Å². The second-order valence-corrected chi connectivity index (χ2v) is 8.34. The van der Waals surface area contributed by atoms with Crippen LogP contribution < -0.4 is 11.1 Å². The van der Waals surface area contributed by atoms with E-state index in [0.29, 0.717) is 10.9 Å².